The van der Waals surface area contributed by atoms with Crippen LogP contribution in [0.5, 0.6) is 5.75 Å². The van der Waals surface area contributed by atoms with E-state index >= 15 is 0 Å². The lowest BCUT2D eigenvalue weighted by molar-refractivity contribution is -0.143. The number of hydrogen-bond donors (Lipinski definition) is 3. The van der Waals surface area contributed by atoms with Crippen LogP contribution in [-0.2, 0) is 16.0 Å². The Labute approximate surface area is 197 Å². The Hall–Kier alpha value is -2.15. The average molecular weight is 461 g/mol. The fourth-order valence-corrected chi connectivity index (χ4v) is 4.17. The molecule has 0 radical (unpaired) electrons. The highest BCUT2D eigenvalue weighted by atomic mass is 16.5. The number of unbranched alkanes of at least 4 members (excludes halogenated alkanes) is 2. The van der Waals surface area contributed by atoms with Crippen LogP contribution in [0, 0.1) is 11.8 Å². The maximum atomic E-state index is 11.6. The van der Waals surface area contributed by atoms with Gasteiger partial charge in [-0.2, -0.15) is 0 Å². The number of esters is 1. The molecular formula is C27H40O6. The Balaban J connectivity index is 1.78. The molecule has 1 aromatic rings. The molecule has 6 heteroatoms. The van der Waals surface area contributed by atoms with Crippen LogP contribution in [0.4, 0.5) is 0 Å². The first-order valence-electron chi connectivity index (χ1n) is 12.1. The molecule has 5 atom stereocenters. The van der Waals surface area contributed by atoms with Crippen molar-refractivity contribution in [2.45, 2.75) is 76.6 Å². The number of methoxy groups -OCH3 is 1. The molecule has 0 aliphatic heterocycles. The largest absolute Gasteiger partial charge is 0.497 e. The summed E-state index contributed by atoms with van der Waals surface area (Å²) in [6, 6.07) is 7.56. The van der Waals surface area contributed by atoms with Gasteiger partial charge in [-0.15, -0.1) is 0 Å². The maximum absolute atomic E-state index is 11.6. The summed E-state index contributed by atoms with van der Waals surface area (Å²) in [5.74, 6) is 0.322. The maximum Gasteiger partial charge on any atom is 0.305 e. The summed E-state index contributed by atoms with van der Waals surface area (Å²) in [5, 5.41) is 31.2. The smallest absolute Gasteiger partial charge is 0.305 e. The quantitative estimate of drug-likeness (QED) is 0.221. The number of ether oxygens (including phenoxy) is 2. The molecule has 0 saturated heterocycles. The zero-order valence-corrected chi connectivity index (χ0v) is 19.9. The first-order chi connectivity index (χ1) is 15.9. The van der Waals surface area contributed by atoms with Crippen LogP contribution in [0.15, 0.2) is 48.6 Å². The van der Waals surface area contributed by atoms with Gasteiger partial charge in [0.15, 0.2) is 0 Å². The van der Waals surface area contributed by atoms with Gasteiger partial charge in [-0.25, -0.2) is 0 Å². The normalized spacial score (nSPS) is 23.9. The van der Waals surface area contributed by atoms with Crippen molar-refractivity contribution < 1.29 is 29.6 Å². The minimum absolute atomic E-state index is 0.0975. The fraction of sp³-hybridized carbons (Fsp3) is 0.593. The summed E-state index contributed by atoms with van der Waals surface area (Å²) in [6.07, 6.45) is 11.0. The molecule has 2 rings (SSSR count). The molecule has 1 aliphatic carbocycles. The Bertz CT molecular complexity index is 741. The zero-order valence-electron chi connectivity index (χ0n) is 19.9. The molecule has 1 aromatic carbocycles. The van der Waals surface area contributed by atoms with Crippen LogP contribution in [-0.4, -0.2) is 53.3 Å². The molecular weight excluding hydrogens is 420 g/mol. The first kappa shape index (κ1) is 27.1. The second-order valence-electron chi connectivity index (χ2n) is 8.79. The molecule has 0 amide bonds. The Morgan fingerprint density at radius 2 is 1.91 bits per heavy atom. The van der Waals surface area contributed by atoms with E-state index < -0.39 is 18.3 Å². The molecule has 6 nitrogen and oxygen atoms in total. The third-order valence-electron chi connectivity index (χ3n) is 6.16. The third-order valence-corrected chi connectivity index (χ3v) is 6.16. The van der Waals surface area contributed by atoms with Gasteiger partial charge in [-0.3, -0.25) is 4.79 Å². The van der Waals surface area contributed by atoms with Gasteiger partial charge in [0.05, 0.1) is 32.0 Å². The van der Waals surface area contributed by atoms with Crippen molar-refractivity contribution in [2.24, 2.45) is 11.8 Å². The molecule has 0 bridgehead atoms. The van der Waals surface area contributed by atoms with Gasteiger partial charge in [-0.1, -0.05) is 49.8 Å². The van der Waals surface area contributed by atoms with E-state index in [-0.39, 0.29) is 17.8 Å². The number of hydrogen-bond acceptors (Lipinski definition) is 6. The van der Waals surface area contributed by atoms with Gasteiger partial charge in [0.2, 0.25) is 0 Å². The third kappa shape index (κ3) is 9.70. The highest BCUT2D eigenvalue weighted by Crippen LogP contribution is 2.36. The van der Waals surface area contributed by atoms with Crippen LogP contribution >= 0.6 is 0 Å². The van der Waals surface area contributed by atoms with E-state index in [0.717, 1.165) is 37.0 Å². The van der Waals surface area contributed by atoms with Crippen LogP contribution in [0.3, 0.4) is 0 Å². The molecule has 1 saturated carbocycles. The number of allylic oxidation sites excluding steroid dienone is 2. The lowest BCUT2D eigenvalue weighted by Crippen LogP contribution is -2.20. The van der Waals surface area contributed by atoms with Crippen molar-refractivity contribution in [3.63, 3.8) is 0 Å². The summed E-state index contributed by atoms with van der Waals surface area (Å²) in [5.41, 5.74) is 0.994. The molecule has 3 N–H and O–H groups in total. The number of aliphatic hydroxyl groups excluding tert-OH is 3. The van der Waals surface area contributed by atoms with Crippen molar-refractivity contribution in [3.05, 3.63) is 54.1 Å². The summed E-state index contributed by atoms with van der Waals surface area (Å²) >= 11 is 0. The van der Waals surface area contributed by atoms with Crippen LogP contribution in [0.1, 0.15) is 57.4 Å². The van der Waals surface area contributed by atoms with E-state index in [1.807, 2.05) is 42.5 Å². The van der Waals surface area contributed by atoms with Gasteiger partial charge in [0.1, 0.15) is 5.75 Å². The minimum Gasteiger partial charge on any atom is -0.497 e. The summed E-state index contributed by atoms with van der Waals surface area (Å²) in [7, 11) is 1.62. The Morgan fingerprint density at radius 3 is 2.61 bits per heavy atom. The topological polar surface area (TPSA) is 96.2 Å². The molecule has 0 aromatic heterocycles. The standard InChI is InChI=1S/C27H40O6/c1-3-4-17-33-27(31)10-8-6-5-7-9-23-24(26(30)19-25(23)29)16-13-21(28)18-20-11-14-22(32-2)15-12-20/h5,7,11-16,21,23-26,28-30H,3-4,6,8-10,17-19H2,1-2H3/b7-5-,16-13+/t21-,23?,24?,25+,26-/m1/s1. The number of aliphatic hydroxyl groups is 3. The van der Waals surface area contributed by atoms with Crippen LogP contribution in [0.25, 0.3) is 0 Å². The lowest BCUT2D eigenvalue weighted by Gasteiger charge is -2.19. The van der Waals surface area contributed by atoms with E-state index in [9.17, 15) is 20.1 Å². The molecule has 184 valence electrons. The molecule has 2 unspecified atom stereocenters. The Morgan fingerprint density at radius 1 is 1.15 bits per heavy atom. The summed E-state index contributed by atoms with van der Waals surface area (Å²) in [4.78, 5) is 11.6. The van der Waals surface area contributed by atoms with Crippen LogP contribution in [0.2, 0.25) is 0 Å². The van der Waals surface area contributed by atoms with Crippen molar-refractivity contribution >= 4 is 5.97 Å². The average Bonchev–Trinajstić information content (AvgIpc) is 3.07. The van der Waals surface area contributed by atoms with Gasteiger partial charge in [0.25, 0.3) is 0 Å². The number of carbonyl (C=O) groups is 1. The van der Waals surface area contributed by atoms with Crippen molar-refractivity contribution in [1.82, 2.24) is 0 Å². The van der Waals surface area contributed by atoms with Gasteiger partial charge >= 0.3 is 5.97 Å². The van der Waals surface area contributed by atoms with Crippen LogP contribution < -0.4 is 4.74 Å². The molecule has 1 aliphatic rings. The molecule has 0 spiro atoms. The predicted octanol–water partition coefficient (Wildman–Crippen LogP) is 3.97. The summed E-state index contributed by atoms with van der Waals surface area (Å²) < 4.78 is 10.3. The van der Waals surface area contributed by atoms with Crippen molar-refractivity contribution in [1.29, 1.82) is 0 Å². The van der Waals surface area contributed by atoms with Gasteiger partial charge in [0, 0.05) is 25.2 Å². The molecule has 33 heavy (non-hydrogen) atoms. The summed E-state index contributed by atoms with van der Waals surface area (Å²) in [6.45, 7) is 2.56. The van der Waals surface area contributed by atoms with E-state index in [4.69, 9.17) is 9.47 Å². The van der Waals surface area contributed by atoms with E-state index in [2.05, 4.69) is 6.92 Å². The van der Waals surface area contributed by atoms with Crippen molar-refractivity contribution in [3.8, 4) is 5.75 Å². The molecule has 0 heterocycles. The minimum atomic E-state index is -0.670. The predicted molar refractivity (Wildman–Crippen MR) is 129 cm³/mol. The van der Waals surface area contributed by atoms with E-state index in [0.29, 0.717) is 32.3 Å². The SMILES string of the molecule is CCCCOC(=O)CCC/C=C\CC1C(/C=C/[C@@H](O)Cc2ccc(OC)cc2)[C@H](O)C[C@@H]1O. The first-order valence-corrected chi connectivity index (χ1v) is 12.1. The highest BCUT2D eigenvalue weighted by molar-refractivity contribution is 5.69. The Kier molecular flexibility index (Phi) is 12.2. The van der Waals surface area contributed by atoms with Crippen molar-refractivity contribution in [2.75, 3.05) is 13.7 Å². The number of rotatable bonds is 14. The zero-order chi connectivity index (χ0) is 24.1. The lowest BCUT2D eigenvalue weighted by atomic mass is 9.89. The second kappa shape index (κ2) is 14.9. The monoisotopic (exact) mass is 460 g/mol. The van der Waals surface area contributed by atoms with Gasteiger partial charge < -0.3 is 24.8 Å². The van der Waals surface area contributed by atoms with E-state index in [1.165, 1.54) is 0 Å². The number of carbonyl (C=O) groups excluding carboxylic acids is 1. The molecule has 1 fully saturated rings. The highest BCUT2D eigenvalue weighted by Gasteiger charge is 2.39. The second-order valence-corrected chi connectivity index (χ2v) is 8.79. The van der Waals surface area contributed by atoms with E-state index in [1.54, 1.807) is 13.2 Å². The van der Waals surface area contributed by atoms with Gasteiger partial charge in [-0.05, 0) is 49.3 Å². The fourth-order valence-electron chi connectivity index (χ4n) is 4.17. The number of benzene rings is 1.